The molecule has 0 aliphatic rings. The predicted molar refractivity (Wildman–Crippen MR) is 103 cm³/mol. The second kappa shape index (κ2) is 8.94. The van der Waals surface area contributed by atoms with Gasteiger partial charge < -0.3 is 10.1 Å². The van der Waals surface area contributed by atoms with Crippen LogP contribution in [0.1, 0.15) is 66.0 Å². The van der Waals surface area contributed by atoms with Gasteiger partial charge >= 0.3 is 5.97 Å². The summed E-state index contributed by atoms with van der Waals surface area (Å²) in [4.78, 5) is 29.4. The number of amides is 1. The normalized spacial score (nSPS) is 13.1. The summed E-state index contributed by atoms with van der Waals surface area (Å²) in [6.45, 7) is 9.29. The molecule has 1 heterocycles. The fourth-order valence-electron chi connectivity index (χ4n) is 2.76. The zero-order valence-electron chi connectivity index (χ0n) is 16.0. The molecule has 0 spiro atoms. The van der Waals surface area contributed by atoms with Crippen LogP contribution in [0.5, 0.6) is 0 Å². The van der Waals surface area contributed by atoms with Crippen molar-refractivity contribution in [3.8, 4) is 0 Å². The van der Waals surface area contributed by atoms with Crippen molar-refractivity contribution in [3.05, 3.63) is 51.0 Å². The Bertz CT molecular complexity index is 768. The van der Waals surface area contributed by atoms with Gasteiger partial charge in [0.1, 0.15) is 6.10 Å². The zero-order valence-corrected chi connectivity index (χ0v) is 16.8. The van der Waals surface area contributed by atoms with Crippen LogP contribution >= 0.6 is 11.3 Å². The summed E-state index contributed by atoms with van der Waals surface area (Å²) in [6, 6.07) is 7.37. The first-order valence-electron chi connectivity index (χ1n) is 8.79. The second-order valence-electron chi connectivity index (χ2n) is 6.41. The Kier molecular flexibility index (Phi) is 6.91. The lowest BCUT2D eigenvalue weighted by molar-refractivity contribution is -0.149. The van der Waals surface area contributed by atoms with E-state index in [1.165, 1.54) is 6.92 Å². The minimum atomic E-state index is -0.401. The molecule has 1 N–H and O–H groups in total. The Morgan fingerprint density at radius 3 is 2.42 bits per heavy atom. The van der Waals surface area contributed by atoms with Crippen molar-refractivity contribution < 1.29 is 14.3 Å². The van der Waals surface area contributed by atoms with E-state index in [4.69, 9.17) is 4.74 Å². The summed E-state index contributed by atoms with van der Waals surface area (Å²) in [6.07, 6.45) is 0.603. The van der Waals surface area contributed by atoms with Crippen molar-refractivity contribution >= 4 is 23.2 Å². The maximum absolute atomic E-state index is 12.5. The maximum atomic E-state index is 12.5. The van der Waals surface area contributed by atoms with Crippen LogP contribution in [0, 0.1) is 13.8 Å². The molecule has 0 fully saturated rings. The lowest BCUT2D eigenvalue weighted by atomic mass is 10.0. The van der Waals surface area contributed by atoms with Crippen LogP contribution in [-0.2, 0) is 20.7 Å². The van der Waals surface area contributed by atoms with Crippen molar-refractivity contribution in [2.24, 2.45) is 0 Å². The first-order chi connectivity index (χ1) is 12.3. The summed E-state index contributed by atoms with van der Waals surface area (Å²) >= 11 is 1.58. The van der Waals surface area contributed by atoms with Crippen molar-refractivity contribution in [3.63, 3.8) is 0 Å². The lowest BCUT2D eigenvalue weighted by Gasteiger charge is -2.19. The molecule has 0 aliphatic heterocycles. The smallest absolute Gasteiger partial charge is 0.308 e. The number of carbonyl (C=O) groups is 2. The van der Waals surface area contributed by atoms with Gasteiger partial charge in [-0.3, -0.25) is 9.59 Å². The second-order valence-corrected chi connectivity index (χ2v) is 7.53. The van der Waals surface area contributed by atoms with E-state index in [1.54, 1.807) is 11.3 Å². The SMILES string of the molecule is CCc1nc(C)c([C@@H](C)OC(=O)C[C@@H](NC(C)=O)c2ccc(C)cc2)s1. The van der Waals surface area contributed by atoms with E-state index < -0.39 is 6.04 Å². The number of ether oxygens (including phenoxy) is 1. The molecule has 2 atom stereocenters. The van der Waals surface area contributed by atoms with Gasteiger partial charge in [0.05, 0.1) is 28.0 Å². The lowest BCUT2D eigenvalue weighted by Crippen LogP contribution is -2.28. The number of esters is 1. The monoisotopic (exact) mass is 374 g/mol. The van der Waals surface area contributed by atoms with Gasteiger partial charge in [0.25, 0.3) is 0 Å². The number of aryl methyl sites for hydroxylation is 3. The first-order valence-corrected chi connectivity index (χ1v) is 9.61. The molecule has 2 rings (SSSR count). The van der Waals surface area contributed by atoms with E-state index in [2.05, 4.69) is 17.2 Å². The topological polar surface area (TPSA) is 68.3 Å². The standard InChI is InChI=1S/C20H26N2O3S/c1-6-18-21-13(3)20(26-18)14(4)25-19(24)11-17(22-15(5)23)16-9-7-12(2)8-10-16/h7-10,14,17H,6,11H2,1-5H3,(H,22,23)/t14-,17-/m1/s1. The third-order valence-electron chi connectivity index (χ3n) is 4.08. The quantitative estimate of drug-likeness (QED) is 0.738. The summed E-state index contributed by atoms with van der Waals surface area (Å²) in [5.41, 5.74) is 2.92. The number of nitrogens with zero attached hydrogens (tertiary/aromatic N) is 1. The van der Waals surface area contributed by atoms with Crippen molar-refractivity contribution in [1.29, 1.82) is 0 Å². The fraction of sp³-hybridized carbons (Fsp3) is 0.450. The average molecular weight is 375 g/mol. The highest BCUT2D eigenvalue weighted by molar-refractivity contribution is 7.11. The first kappa shape index (κ1) is 20.1. The van der Waals surface area contributed by atoms with E-state index in [9.17, 15) is 9.59 Å². The highest BCUT2D eigenvalue weighted by Crippen LogP contribution is 2.29. The zero-order chi connectivity index (χ0) is 19.3. The van der Waals surface area contributed by atoms with E-state index >= 15 is 0 Å². The average Bonchev–Trinajstić information content (AvgIpc) is 2.95. The number of nitrogens with one attached hydrogen (secondary N) is 1. The summed E-state index contributed by atoms with van der Waals surface area (Å²) in [7, 11) is 0. The molecule has 0 saturated carbocycles. The summed E-state index contributed by atoms with van der Waals surface area (Å²) in [5.74, 6) is -0.523. The minimum absolute atomic E-state index is 0.0888. The van der Waals surface area contributed by atoms with Gasteiger partial charge in [0.2, 0.25) is 5.91 Å². The molecule has 5 nitrogen and oxygen atoms in total. The molecule has 0 unspecified atom stereocenters. The van der Waals surface area contributed by atoms with Gasteiger partial charge in [-0.05, 0) is 32.8 Å². The van der Waals surface area contributed by atoms with Crippen molar-refractivity contribution in [2.45, 2.75) is 59.6 Å². The highest BCUT2D eigenvalue weighted by Gasteiger charge is 2.22. The van der Waals surface area contributed by atoms with Gasteiger partial charge in [0, 0.05) is 6.92 Å². The van der Waals surface area contributed by atoms with E-state index in [1.807, 2.05) is 45.0 Å². The van der Waals surface area contributed by atoms with Gasteiger partial charge in [-0.1, -0.05) is 36.8 Å². The van der Waals surface area contributed by atoms with Crippen LogP contribution in [-0.4, -0.2) is 16.9 Å². The molecule has 1 aromatic carbocycles. The highest BCUT2D eigenvalue weighted by atomic mass is 32.1. The Balaban J connectivity index is 2.07. The molecule has 0 radical (unpaired) electrons. The molecule has 140 valence electrons. The van der Waals surface area contributed by atoms with Crippen molar-refractivity contribution in [2.75, 3.05) is 0 Å². The number of hydrogen-bond donors (Lipinski definition) is 1. The number of thiazole rings is 1. The van der Waals surface area contributed by atoms with Crippen LogP contribution in [0.2, 0.25) is 0 Å². The van der Waals surface area contributed by atoms with E-state index in [-0.39, 0.29) is 24.4 Å². The van der Waals surface area contributed by atoms with Crippen LogP contribution in [0.25, 0.3) is 0 Å². The number of rotatable bonds is 7. The molecule has 0 aliphatic carbocycles. The third kappa shape index (κ3) is 5.39. The molecular weight excluding hydrogens is 348 g/mol. The number of carbonyl (C=O) groups excluding carboxylic acids is 2. The Hall–Kier alpha value is -2.21. The predicted octanol–water partition coefficient (Wildman–Crippen LogP) is 4.19. The van der Waals surface area contributed by atoms with Crippen LogP contribution in [0.4, 0.5) is 0 Å². The van der Waals surface area contributed by atoms with Crippen molar-refractivity contribution in [1.82, 2.24) is 10.3 Å². The van der Waals surface area contributed by atoms with Gasteiger partial charge in [-0.2, -0.15) is 0 Å². The largest absolute Gasteiger partial charge is 0.457 e. The molecular formula is C20H26N2O3S. The van der Waals surface area contributed by atoms with Gasteiger partial charge in [-0.25, -0.2) is 4.98 Å². The van der Waals surface area contributed by atoms with E-state index in [0.717, 1.165) is 33.1 Å². The molecule has 2 aromatic rings. The molecule has 1 amide bonds. The van der Waals surface area contributed by atoms with Gasteiger partial charge in [0.15, 0.2) is 0 Å². The molecule has 0 bridgehead atoms. The molecule has 0 saturated heterocycles. The molecule has 1 aromatic heterocycles. The molecule has 6 heteroatoms. The van der Waals surface area contributed by atoms with Gasteiger partial charge in [-0.15, -0.1) is 11.3 Å². The Morgan fingerprint density at radius 1 is 1.23 bits per heavy atom. The number of benzene rings is 1. The van der Waals surface area contributed by atoms with E-state index in [0.29, 0.717) is 0 Å². The summed E-state index contributed by atoms with van der Waals surface area (Å²) in [5, 5.41) is 3.87. The number of hydrogen-bond acceptors (Lipinski definition) is 5. The minimum Gasteiger partial charge on any atom is -0.457 e. The fourth-order valence-corrected chi connectivity index (χ4v) is 3.74. The number of aromatic nitrogens is 1. The summed E-state index contributed by atoms with van der Waals surface area (Å²) < 4.78 is 5.61. The molecule has 26 heavy (non-hydrogen) atoms. The third-order valence-corrected chi connectivity index (χ3v) is 5.55. The van der Waals surface area contributed by atoms with Crippen LogP contribution in [0.15, 0.2) is 24.3 Å². The van der Waals surface area contributed by atoms with Crippen LogP contribution < -0.4 is 5.32 Å². The Morgan fingerprint density at radius 2 is 1.88 bits per heavy atom. The van der Waals surface area contributed by atoms with Crippen LogP contribution in [0.3, 0.4) is 0 Å². The Labute approximate surface area is 158 Å². The maximum Gasteiger partial charge on any atom is 0.308 e.